The molecule has 2 N–H and O–H groups in total. The number of fused-ring (bicyclic) bond motifs is 2. The van der Waals surface area contributed by atoms with Crippen LogP contribution >= 0.6 is 0 Å². The van der Waals surface area contributed by atoms with Crippen molar-refractivity contribution in [2.45, 2.75) is 30.6 Å². The van der Waals surface area contributed by atoms with E-state index in [2.05, 4.69) is 33.8 Å². The van der Waals surface area contributed by atoms with Crippen LogP contribution in [-0.2, 0) is 10.2 Å². The van der Waals surface area contributed by atoms with Crippen molar-refractivity contribution in [2.24, 2.45) is 0 Å². The topological polar surface area (TPSA) is 54.0 Å². The van der Waals surface area contributed by atoms with Crippen LogP contribution in [0.3, 0.4) is 0 Å². The minimum absolute atomic E-state index is 0.0579. The summed E-state index contributed by atoms with van der Waals surface area (Å²) < 4.78 is 0. The molecule has 118 valence electrons. The zero-order valence-electron chi connectivity index (χ0n) is 13.1. The molecule has 0 saturated carbocycles. The van der Waals surface area contributed by atoms with E-state index >= 15 is 0 Å². The zero-order chi connectivity index (χ0) is 15.7. The molecule has 0 radical (unpaired) electrons. The molecule has 0 bridgehead atoms. The van der Waals surface area contributed by atoms with Gasteiger partial charge in [0.2, 0.25) is 5.91 Å². The van der Waals surface area contributed by atoms with E-state index in [-0.39, 0.29) is 17.2 Å². The SMILES string of the molecule is O=C(Nc1ccncc1)C1CC2(CCNCC2)c2ccccc21. The first-order valence-electron chi connectivity index (χ1n) is 8.30. The molecule has 1 fully saturated rings. The van der Waals surface area contributed by atoms with Crippen LogP contribution in [0, 0.1) is 0 Å². The molecule has 2 aliphatic rings. The molecule has 23 heavy (non-hydrogen) atoms. The van der Waals surface area contributed by atoms with Crippen molar-refractivity contribution in [2.75, 3.05) is 18.4 Å². The summed E-state index contributed by atoms with van der Waals surface area (Å²) in [5, 5.41) is 6.50. The lowest BCUT2D eigenvalue weighted by Gasteiger charge is -2.35. The quantitative estimate of drug-likeness (QED) is 0.897. The van der Waals surface area contributed by atoms with Crippen LogP contribution in [0.1, 0.15) is 36.3 Å². The van der Waals surface area contributed by atoms with E-state index in [1.54, 1.807) is 12.4 Å². The third-order valence-corrected chi connectivity index (χ3v) is 5.33. The predicted molar refractivity (Wildman–Crippen MR) is 90.4 cm³/mol. The number of rotatable bonds is 2. The number of carbonyl (C=O) groups is 1. The smallest absolute Gasteiger partial charge is 0.231 e. The van der Waals surface area contributed by atoms with Crippen LogP contribution in [0.5, 0.6) is 0 Å². The summed E-state index contributed by atoms with van der Waals surface area (Å²) in [5.41, 5.74) is 3.58. The normalized spacial score (nSPS) is 21.8. The minimum Gasteiger partial charge on any atom is -0.325 e. The highest BCUT2D eigenvalue weighted by Gasteiger charge is 2.46. The first-order valence-corrected chi connectivity index (χ1v) is 8.30. The molecule has 1 aliphatic carbocycles. The number of piperidine rings is 1. The summed E-state index contributed by atoms with van der Waals surface area (Å²) in [6.45, 7) is 2.07. The Labute approximate surface area is 136 Å². The number of benzene rings is 1. The number of hydrogen-bond donors (Lipinski definition) is 2. The van der Waals surface area contributed by atoms with Gasteiger partial charge in [0.15, 0.2) is 0 Å². The lowest BCUT2D eigenvalue weighted by Crippen LogP contribution is -2.38. The Hall–Kier alpha value is -2.20. The van der Waals surface area contributed by atoms with E-state index in [9.17, 15) is 4.79 Å². The maximum absolute atomic E-state index is 12.9. The van der Waals surface area contributed by atoms with E-state index in [1.807, 2.05) is 18.2 Å². The summed E-state index contributed by atoms with van der Waals surface area (Å²) >= 11 is 0. The monoisotopic (exact) mass is 307 g/mol. The highest BCUT2D eigenvalue weighted by atomic mass is 16.1. The van der Waals surface area contributed by atoms with E-state index in [1.165, 1.54) is 11.1 Å². The van der Waals surface area contributed by atoms with Crippen molar-refractivity contribution >= 4 is 11.6 Å². The van der Waals surface area contributed by atoms with E-state index in [0.717, 1.165) is 38.0 Å². The Morgan fingerprint density at radius 2 is 1.87 bits per heavy atom. The number of amides is 1. The molecule has 1 aromatic carbocycles. The average Bonchev–Trinajstić information content (AvgIpc) is 2.91. The van der Waals surface area contributed by atoms with Crippen molar-refractivity contribution in [3.8, 4) is 0 Å². The summed E-state index contributed by atoms with van der Waals surface area (Å²) in [5.74, 6) is 0.0384. The molecule has 1 unspecified atom stereocenters. The summed E-state index contributed by atoms with van der Waals surface area (Å²) in [4.78, 5) is 16.9. The van der Waals surface area contributed by atoms with Gasteiger partial charge >= 0.3 is 0 Å². The van der Waals surface area contributed by atoms with Gasteiger partial charge < -0.3 is 10.6 Å². The van der Waals surface area contributed by atoms with Crippen molar-refractivity contribution in [3.63, 3.8) is 0 Å². The molecule has 1 amide bonds. The molecule has 1 saturated heterocycles. The maximum Gasteiger partial charge on any atom is 0.231 e. The third-order valence-electron chi connectivity index (χ3n) is 5.33. The van der Waals surface area contributed by atoms with Gasteiger partial charge in [-0.15, -0.1) is 0 Å². The average molecular weight is 307 g/mol. The van der Waals surface area contributed by atoms with Gasteiger partial charge in [0.05, 0.1) is 5.92 Å². The molecule has 1 atom stereocenters. The lowest BCUT2D eigenvalue weighted by atomic mass is 9.74. The van der Waals surface area contributed by atoms with Gasteiger partial charge in [-0.05, 0) is 61.0 Å². The Bertz CT molecular complexity index is 708. The first-order chi connectivity index (χ1) is 11.3. The predicted octanol–water partition coefficient (Wildman–Crippen LogP) is 2.83. The minimum atomic E-state index is -0.0579. The Balaban J connectivity index is 1.64. The van der Waals surface area contributed by atoms with Crippen LogP contribution in [0.2, 0.25) is 0 Å². The fourth-order valence-corrected chi connectivity index (χ4v) is 4.17. The second-order valence-electron chi connectivity index (χ2n) is 6.60. The molecule has 2 aromatic rings. The number of nitrogens with one attached hydrogen (secondary N) is 2. The van der Waals surface area contributed by atoms with Crippen molar-refractivity contribution in [1.82, 2.24) is 10.3 Å². The second-order valence-corrected chi connectivity index (χ2v) is 6.60. The molecular weight excluding hydrogens is 286 g/mol. The van der Waals surface area contributed by atoms with Crippen molar-refractivity contribution in [3.05, 3.63) is 59.9 Å². The largest absolute Gasteiger partial charge is 0.325 e. The van der Waals surface area contributed by atoms with Gasteiger partial charge in [-0.3, -0.25) is 9.78 Å². The van der Waals surface area contributed by atoms with E-state index in [0.29, 0.717) is 0 Å². The molecule has 4 rings (SSSR count). The molecule has 1 spiro atoms. The van der Waals surface area contributed by atoms with Gasteiger partial charge in [0, 0.05) is 18.1 Å². The molecule has 1 aromatic heterocycles. The molecule has 4 nitrogen and oxygen atoms in total. The number of carbonyl (C=O) groups excluding carboxylic acids is 1. The number of aromatic nitrogens is 1. The molecule has 4 heteroatoms. The maximum atomic E-state index is 12.9. The fourth-order valence-electron chi connectivity index (χ4n) is 4.17. The highest BCUT2D eigenvalue weighted by Crippen LogP contribution is 2.51. The number of pyridine rings is 1. The Morgan fingerprint density at radius 1 is 1.13 bits per heavy atom. The van der Waals surface area contributed by atoms with Crippen molar-refractivity contribution in [1.29, 1.82) is 0 Å². The fraction of sp³-hybridized carbons (Fsp3) is 0.368. The second kappa shape index (κ2) is 5.78. The van der Waals surface area contributed by atoms with Gasteiger partial charge in [-0.25, -0.2) is 0 Å². The zero-order valence-corrected chi connectivity index (χ0v) is 13.1. The molecule has 1 aliphatic heterocycles. The standard InChI is InChI=1S/C19H21N3O/c23-18(22-14-5-9-20-10-6-14)16-13-19(7-11-21-12-8-19)17-4-2-1-3-15(16)17/h1-6,9-10,16,21H,7-8,11-13H2,(H,20,22,23). The van der Waals surface area contributed by atoms with Gasteiger partial charge in [0.1, 0.15) is 0 Å². The molecular formula is C19H21N3O. The van der Waals surface area contributed by atoms with Crippen LogP contribution in [0.15, 0.2) is 48.8 Å². The van der Waals surface area contributed by atoms with E-state index < -0.39 is 0 Å². The van der Waals surface area contributed by atoms with Gasteiger partial charge in [-0.1, -0.05) is 24.3 Å². The van der Waals surface area contributed by atoms with Crippen LogP contribution in [0.4, 0.5) is 5.69 Å². The number of nitrogens with zero attached hydrogens (tertiary/aromatic N) is 1. The number of anilines is 1. The van der Waals surface area contributed by atoms with Crippen molar-refractivity contribution < 1.29 is 4.79 Å². The van der Waals surface area contributed by atoms with Crippen LogP contribution in [-0.4, -0.2) is 24.0 Å². The van der Waals surface area contributed by atoms with Crippen LogP contribution < -0.4 is 10.6 Å². The van der Waals surface area contributed by atoms with E-state index in [4.69, 9.17) is 0 Å². The summed E-state index contributed by atoms with van der Waals surface area (Å²) in [6, 6.07) is 12.2. The Kier molecular flexibility index (Phi) is 3.62. The third kappa shape index (κ3) is 2.53. The number of hydrogen-bond acceptors (Lipinski definition) is 3. The van der Waals surface area contributed by atoms with Crippen LogP contribution in [0.25, 0.3) is 0 Å². The summed E-state index contributed by atoms with van der Waals surface area (Å²) in [7, 11) is 0. The lowest BCUT2D eigenvalue weighted by molar-refractivity contribution is -0.117. The highest BCUT2D eigenvalue weighted by molar-refractivity contribution is 5.96. The van der Waals surface area contributed by atoms with Gasteiger partial charge in [0.25, 0.3) is 0 Å². The molecule has 2 heterocycles. The Morgan fingerprint density at radius 3 is 2.65 bits per heavy atom. The summed E-state index contributed by atoms with van der Waals surface area (Å²) in [6.07, 6.45) is 6.55. The first kappa shape index (κ1) is 14.4. The van der Waals surface area contributed by atoms with Gasteiger partial charge in [-0.2, -0.15) is 0 Å².